The van der Waals surface area contributed by atoms with Crippen LogP contribution in [0.4, 0.5) is 0 Å². The number of ether oxygens (including phenoxy) is 1. The smallest absolute Gasteiger partial charge is 0.234 e. The third kappa shape index (κ3) is 3.33. The molecule has 6 nitrogen and oxygen atoms in total. The summed E-state index contributed by atoms with van der Waals surface area (Å²) in [7, 11) is 0. The van der Waals surface area contributed by atoms with Gasteiger partial charge in [0.15, 0.2) is 0 Å². The van der Waals surface area contributed by atoms with Crippen molar-refractivity contribution >= 4 is 17.3 Å². The Bertz CT molecular complexity index is 908. The van der Waals surface area contributed by atoms with E-state index in [0.717, 1.165) is 12.8 Å². The second kappa shape index (κ2) is 7.76. The summed E-state index contributed by atoms with van der Waals surface area (Å²) in [5.74, 6) is -3.08. The Morgan fingerprint density at radius 2 is 1.83 bits per heavy atom. The van der Waals surface area contributed by atoms with E-state index >= 15 is 0 Å². The minimum Gasteiger partial charge on any atom is -0.507 e. The van der Waals surface area contributed by atoms with E-state index in [1.807, 2.05) is 13.0 Å². The highest BCUT2D eigenvalue weighted by Crippen LogP contribution is 2.49. The fraction of sp³-hybridized carbons (Fsp3) is 0.500. The van der Waals surface area contributed by atoms with Crippen LogP contribution in [-0.4, -0.2) is 28.2 Å². The highest BCUT2D eigenvalue weighted by molar-refractivity contribution is 6.52. The van der Waals surface area contributed by atoms with Crippen LogP contribution in [0.3, 0.4) is 0 Å². The van der Waals surface area contributed by atoms with Crippen molar-refractivity contribution in [2.45, 2.75) is 63.9 Å². The van der Waals surface area contributed by atoms with Gasteiger partial charge in [-0.1, -0.05) is 37.3 Å². The molecule has 2 atom stereocenters. The van der Waals surface area contributed by atoms with Gasteiger partial charge in [-0.25, -0.2) is 0 Å². The van der Waals surface area contributed by atoms with Gasteiger partial charge in [0.2, 0.25) is 23.1 Å². The Kier molecular flexibility index (Phi) is 5.43. The zero-order valence-electron chi connectivity index (χ0n) is 17.5. The number of aliphatic hydroxyl groups excluding tert-OH is 1. The number of ketones is 2. The molecule has 0 bridgehead atoms. The van der Waals surface area contributed by atoms with Crippen molar-refractivity contribution < 1.29 is 29.2 Å². The molecule has 3 aliphatic rings. The second-order valence-electron chi connectivity index (χ2n) is 8.57. The highest BCUT2D eigenvalue weighted by Gasteiger charge is 2.55. The number of hydrogen-bond donors (Lipinski definition) is 1. The van der Waals surface area contributed by atoms with E-state index < -0.39 is 23.1 Å². The summed E-state index contributed by atoms with van der Waals surface area (Å²) in [4.78, 5) is 36.7. The fourth-order valence-corrected chi connectivity index (χ4v) is 4.96. The maximum atomic E-state index is 12.7. The third-order valence-electron chi connectivity index (χ3n) is 6.72. The van der Waals surface area contributed by atoms with Crippen molar-refractivity contribution in [3.63, 3.8) is 0 Å². The largest absolute Gasteiger partial charge is 0.507 e. The predicted octanol–water partition coefficient (Wildman–Crippen LogP) is 4.90. The quantitative estimate of drug-likeness (QED) is 0.421. The molecule has 1 spiro atoms. The van der Waals surface area contributed by atoms with Gasteiger partial charge in [-0.2, -0.15) is 9.78 Å². The van der Waals surface area contributed by atoms with E-state index in [-0.39, 0.29) is 28.7 Å². The van der Waals surface area contributed by atoms with Crippen molar-refractivity contribution in [2.24, 2.45) is 11.8 Å². The lowest BCUT2D eigenvalue weighted by molar-refractivity contribution is -0.359. The SMILES string of the molecule is C=CCC(CC)C1(C)OOC2(CCC(C3=C(O)c4ccccc4C(=O)C3=O)CC2)O1. The van der Waals surface area contributed by atoms with Gasteiger partial charge in [-0.15, -0.1) is 6.58 Å². The van der Waals surface area contributed by atoms with Crippen LogP contribution >= 0.6 is 0 Å². The first-order chi connectivity index (χ1) is 14.3. The number of aliphatic hydroxyl groups is 1. The summed E-state index contributed by atoms with van der Waals surface area (Å²) in [6.07, 6.45) is 5.60. The van der Waals surface area contributed by atoms with Crippen molar-refractivity contribution in [1.29, 1.82) is 0 Å². The number of fused-ring (bicyclic) bond motifs is 1. The van der Waals surface area contributed by atoms with Gasteiger partial charge in [-0.3, -0.25) is 9.59 Å². The number of carbonyl (C=O) groups excluding carboxylic acids is 2. The summed E-state index contributed by atoms with van der Waals surface area (Å²) >= 11 is 0. The lowest BCUT2D eigenvalue weighted by Crippen LogP contribution is -2.42. The molecule has 0 radical (unpaired) electrons. The molecule has 0 aromatic heterocycles. The first kappa shape index (κ1) is 21.0. The zero-order valence-corrected chi connectivity index (χ0v) is 17.5. The molecular formula is C24H28O6. The van der Waals surface area contributed by atoms with Crippen LogP contribution in [0.1, 0.15) is 68.3 Å². The minimum atomic E-state index is -0.865. The molecular weight excluding hydrogens is 384 g/mol. The molecule has 1 aromatic rings. The number of allylic oxidation sites excluding steroid dienone is 2. The van der Waals surface area contributed by atoms with E-state index in [2.05, 4.69) is 13.5 Å². The number of carbonyl (C=O) groups is 2. The van der Waals surface area contributed by atoms with E-state index in [1.54, 1.807) is 24.3 Å². The summed E-state index contributed by atoms with van der Waals surface area (Å²) in [5, 5.41) is 10.8. The fourth-order valence-electron chi connectivity index (χ4n) is 4.96. The molecule has 1 saturated carbocycles. The molecule has 1 aliphatic heterocycles. The predicted molar refractivity (Wildman–Crippen MR) is 110 cm³/mol. The summed E-state index contributed by atoms with van der Waals surface area (Å²) in [6, 6.07) is 6.68. The summed E-state index contributed by atoms with van der Waals surface area (Å²) in [6.45, 7) is 7.78. The van der Waals surface area contributed by atoms with Gasteiger partial charge in [0.1, 0.15) is 5.76 Å². The van der Waals surface area contributed by atoms with Gasteiger partial charge >= 0.3 is 0 Å². The standard InChI is InChI=1S/C24H28O6/c1-4-8-16(5-2)23(3)28-24(30-29-23)13-11-15(12-14-24)19-20(25)17-9-6-7-10-18(17)21(26)22(19)27/h4,6-7,9-10,15-16,25H,1,5,8,11-14H2,2-3H3. The summed E-state index contributed by atoms with van der Waals surface area (Å²) < 4.78 is 6.33. The monoisotopic (exact) mass is 412 g/mol. The molecule has 160 valence electrons. The normalized spacial score (nSPS) is 32.4. The van der Waals surface area contributed by atoms with Crippen LogP contribution in [0, 0.1) is 11.8 Å². The molecule has 2 unspecified atom stereocenters. The number of hydrogen-bond acceptors (Lipinski definition) is 6. The van der Waals surface area contributed by atoms with Crippen molar-refractivity contribution in [3.8, 4) is 0 Å². The molecule has 0 amide bonds. The first-order valence-electron chi connectivity index (χ1n) is 10.6. The minimum absolute atomic E-state index is 0.0810. The van der Waals surface area contributed by atoms with Gasteiger partial charge in [0, 0.05) is 35.5 Å². The molecule has 1 heterocycles. The molecule has 2 aliphatic carbocycles. The van der Waals surface area contributed by atoms with E-state index in [9.17, 15) is 14.7 Å². The van der Waals surface area contributed by atoms with Gasteiger partial charge in [0.05, 0.1) is 0 Å². The number of benzene rings is 1. The molecule has 30 heavy (non-hydrogen) atoms. The zero-order chi connectivity index (χ0) is 21.5. The van der Waals surface area contributed by atoms with Gasteiger partial charge in [-0.05, 0) is 38.5 Å². The maximum absolute atomic E-state index is 12.7. The Morgan fingerprint density at radius 3 is 2.47 bits per heavy atom. The Hall–Kier alpha value is -2.28. The molecule has 2 fully saturated rings. The molecule has 4 rings (SSSR count). The number of rotatable bonds is 5. The highest BCUT2D eigenvalue weighted by atomic mass is 17.3. The van der Waals surface area contributed by atoms with Crippen LogP contribution in [0.2, 0.25) is 0 Å². The average molecular weight is 412 g/mol. The second-order valence-corrected chi connectivity index (χ2v) is 8.57. The van der Waals surface area contributed by atoms with Crippen molar-refractivity contribution in [3.05, 3.63) is 53.6 Å². The van der Waals surface area contributed by atoms with Gasteiger partial charge in [0.25, 0.3) is 0 Å². The van der Waals surface area contributed by atoms with Crippen LogP contribution in [-0.2, 0) is 19.3 Å². The third-order valence-corrected chi connectivity index (χ3v) is 6.72. The Morgan fingerprint density at radius 1 is 1.17 bits per heavy atom. The van der Waals surface area contributed by atoms with Crippen molar-refractivity contribution in [2.75, 3.05) is 0 Å². The van der Waals surface area contributed by atoms with Crippen LogP contribution in [0.25, 0.3) is 5.76 Å². The lowest BCUT2D eigenvalue weighted by Gasteiger charge is -2.37. The lowest BCUT2D eigenvalue weighted by atomic mass is 9.75. The van der Waals surface area contributed by atoms with E-state index in [0.29, 0.717) is 31.2 Å². The Labute approximate surface area is 176 Å². The Balaban J connectivity index is 1.52. The molecule has 1 saturated heterocycles. The number of Topliss-reactive ketones (excluding diaryl/α,β-unsaturated/α-hetero) is 2. The molecule has 6 heteroatoms. The van der Waals surface area contributed by atoms with Crippen molar-refractivity contribution in [1.82, 2.24) is 0 Å². The first-order valence-corrected chi connectivity index (χ1v) is 10.6. The molecule has 1 aromatic carbocycles. The van der Waals surface area contributed by atoms with Crippen LogP contribution < -0.4 is 0 Å². The van der Waals surface area contributed by atoms with Gasteiger partial charge < -0.3 is 9.84 Å². The topological polar surface area (TPSA) is 82.1 Å². The van der Waals surface area contributed by atoms with Crippen LogP contribution in [0.15, 0.2) is 42.5 Å². The van der Waals surface area contributed by atoms with Crippen LogP contribution in [0.5, 0.6) is 0 Å². The summed E-state index contributed by atoms with van der Waals surface area (Å²) in [5.41, 5.74) is 0.903. The average Bonchev–Trinajstić information content (AvgIpc) is 3.09. The maximum Gasteiger partial charge on any atom is 0.234 e. The van der Waals surface area contributed by atoms with E-state index in [1.165, 1.54) is 0 Å². The van der Waals surface area contributed by atoms with E-state index in [4.69, 9.17) is 14.5 Å². The molecule has 1 N–H and O–H groups in total.